The highest BCUT2D eigenvalue weighted by molar-refractivity contribution is 6.06. The van der Waals surface area contributed by atoms with Crippen LogP contribution in [0.1, 0.15) is 44.7 Å². The fraction of sp³-hybridized carbons (Fsp3) is 0.462. The van der Waals surface area contributed by atoms with Crippen LogP contribution in [0.4, 0.5) is 11.4 Å². The van der Waals surface area contributed by atoms with Crippen molar-refractivity contribution < 1.29 is 4.79 Å². The van der Waals surface area contributed by atoms with Gasteiger partial charge in [-0.15, -0.1) is 0 Å². The van der Waals surface area contributed by atoms with Gasteiger partial charge in [0, 0.05) is 11.4 Å². The lowest BCUT2D eigenvalue weighted by Gasteiger charge is -2.17. The van der Waals surface area contributed by atoms with E-state index in [4.69, 9.17) is 5.73 Å². The summed E-state index contributed by atoms with van der Waals surface area (Å²) in [5.41, 5.74) is 9.24. The Morgan fingerprint density at radius 3 is 2.50 bits per heavy atom. The van der Waals surface area contributed by atoms with E-state index in [9.17, 15) is 4.79 Å². The number of hydrogen-bond acceptors (Lipinski definition) is 2. The normalized spacial score (nSPS) is 17.4. The Labute approximate surface area is 96.0 Å². The Balaban J connectivity index is 2.70. The van der Waals surface area contributed by atoms with Crippen molar-refractivity contribution in [3.8, 4) is 0 Å². The Morgan fingerprint density at radius 2 is 1.94 bits per heavy atom. The second kappa shape index (κ2) is 3.24. The minimum Gasteiger partial charge on any atom is -0.399 e. The number of rotatable bonds is 1. The molecule has 1 amide bonds. The number of carbonyl (C=O) groups is 1. The van der Waals surface area contributed by atoms with Crippen LogP contribution >= 0.6 is 0 Å². The number of benzene rings is 1. The maximum absolute atomic E-state index is 11.9. The number of nitrogens with two attached hydrogens (primary N) is 1. The summed E-state index contributed by atoms with van der Waals surface area (Å²) in [6.07, 6.45) is 0. The second-order valence-corrected chi connectivity index (χ2v) is 5.27. The zero-order valence-electron chi connectivity index (χ0n) is 10.2. The van der Waals surface area contributed by atoms with E-state index >= 15 is 0 Å². The number of fused-ring (bicyclic) bond motifs is 1. The van der Waals surface area contributed by atoms with Gasteiger partial charge in [-0.2, -0.15) is 0 Å². The third-order valence-corrected chi connectivity index (χ3v) is 3.29. The molecule has 16 heavy (non-hydrogen) atoms. The first-order valence-corrected chi connectivity index (χ1v) is 5.59. The molecule has 0 saturated heterocycles. The van der Waals surface area contributed by atoms with Gasteiger partial charge in [-0.05, 0) is 43.0 Å². The number of anilines is 2. The summed E-state index contributed by atoms with van der Waals surface area (Å²) >= 11 is 0. The second-order valence-electron chi connectivity index (χ2n) is 5.27. The maximum atomic E-state index is 11.9. The molecule has 0 bridgehead atoms. The summed E-state index contributed by atoms with van der Waals surface area (Å²) in [5, 5.41) is 2.97. The maximum Gasteiger partial charge on any atom is 0.234 e. The molecule has 0 fully saturated rings. The smallest absolute Gasteiger partial charge is 0.234 e. The van der Waals surface area contributed by atoms with E-state index in [1.807, 2.05) is 26.0 Å². The average Bonchev–Trinajstić information content (AvgIpc) is 2.39. The molecule has 1 aliphatic rings. The Kier molecular flexibility index (Phi) is 2.22. The van der Waals surface area contributed by atoms with Gasteiger partial charge < -0.3 is 11.1 Å². The lowest BCUT2D eigenvalue weighted by molar-refractivity contribution is -0.119. The van der Waals surface area contributed by atoms with Gasteiger partial charge >= 0.3 is 0 Å². The standard InChI is InChI=1S/C13H18N2O/c1-7(2)9-5-8(14)6-10-11(9)15-12(16)13(10,3)4/h5-7H,14H2,1-4H3,(H,15,16). The minimum atomic E-state index is -0.478. The van der Waals surface area contributed by atoms with Gasteiger partial charge in [-0.3, -0.25) is 4.79 Å². The van der Waals surface area contributed by atoms with Crippen LogP contribution in [-0.2, 0) is 10.2 Å². The van der Waals surface area contributed by atoms with Crippen LogP contribution in [-0.4, -0.2) is 5.91 Å². The van der Waals surface area contributed by atoms with Gasteiger partial charge in [0.2, 0.25) is 5.91 Å². The largest absolute Gasteiger partial charge is 0.399 e. The predicted molar refractivity (Wildman–Crippen MR) is 66.6 cm³/mol. The van der Waals surface area contributed by atoms with Crippen molar-refractivity contribution in [2.24, 2.45) is 0 Å². The zero-order valence-corrected chi connectivity index (χ0v) is 10.2. The topological polar surface area (TPSA) is 55.1 Å². The van der Waals surface area contributed by atoms with E-state index < -0.39 is 5.41 Å². The molecule has 86 valence electrons. The van der Waals surface area contributed by atoms with E-state index in [0.717, 1.165) is 22.5 Å². The van der Waals surface area contributed by atoms with Crippen LogP contribution < -0.4 is 11.1 Å². The molecule has 0 unspecified atom stereocenters. The molecule has 0 aliphatic carbocycles. The van der Waals surface area contributed by atoms with Crippen LogP contribution in [0.25, 0.3) is 0 Å². The van der Waals surface area contributed by atoms with Crippen molar-refractivity contribution in [2.45, 2.75) is 39.0 Å². The first kappa shape index (κ1) is 11.0. The molecule has 0 atom stereocenters. The summed E-state index contributed by atoms with van der Waals surface area (Å²) in [7, 11) is 0. The molecule has 3 N–H and O–H groups in total. The first-order chi connectivity index (χ1) is 7.34. The van der Waals surface area contributed by atoms with E-state index in [1.165, 1.54) is 0 Å². The van der Waals surface area contributed by atoms with E-state index in [1.54, 1.807) is 0 Å². The van der Waals surface area contributed by atoms with Gasteiger partial charge in [-0.25, -0.2) is 0 Å². The number of hydrogen-bond donors (Lipinski definition) is 2. The van der Waals surface area contributed by atoms with Crippen molar-refractivity contribution in [1.29, 1.82) is 0 Å². The van der Waals surface area contributed by atoms with Crippen molar-refractivity contribution in [3.63, 3.8) is 0 Å². The molecule has 3 heteroatoms. The number of nitrogen functional groups attached to an aromatic ring is 1. The predicted octanol–water partition coefficient (Wildman–Crippen LogP) is 2.62. The lowest BCUT2D eigenvalue weighted by Crippen LogP contribution is -2.26. The number of nitrogens with one attached hydrogen (secondary N) is 1. The summed E-state index contributed by atoms with van der Waals surface area (Å²) in [6.45, 7) is 8.06. The summed E-state index contributed by atoms with van der Waals surface area (Å²) < 4.78 is 0. The van der Waals surface area contributed by atoms with Crippen molar-refractivity contribution >= 4 is 17.3 Å². The monoisotopic (exact) mass is 218 g/mol. The van der Waals surface area contributed by atoms with E-state index in [-0.39, 0.29) is 5.91 Å². The third-order valence-electron chi connectivity index (χ3n) is 3.29. The highest BCUT2D eigenvalue weighted by Crippen LogP contribution is 2.42. The van der Waals surface area contributed by atoms with Crippen LogP contribution in [0.5, 0.6) is 0 Å². The van der Waals surface area contributed by atoms with Crippen LogP contribution in [0, 0.1) is 0 Å². The van der Waals surface area contributed by atoms with E-state index in [2.05, 4.69) is 19.2 Å². The molecular formula is C13H18N2O. The Morgan fingerprint density at radius 1 is 1.31 bits per heavy atom. The van der Waals surface area contributed by atoms with E-state index in [0.29, 0.717) is 5.92 Å². The minimum absolute atomic E-state index is 0.0509. The van der Waals surface area contributed by atoms with Gasteiger partial charge in [0.1, 0.15) is 0 Å². The zero-order chi connectivity index (χ0) is 12.1. The fourth-order valence-corrected chi connectivity index (χ4v) is 2.17. The summed E-state index contributed by atoms with van der Waals surface area (Å²) in [6, 6.07) is 3.85. The first-order valence-electron chi connectivity index (χ1n) is 5.59. The quantitative estimate of drug-likeness (QED) is 0.712. The molecule has 0 saturated carbocycles. The molecule has 1 heterocycles. The molecule has 1 aromatic carbocycles. The number of carbonyl (C=O) groups excluding carboxylic acids is 1. The summed E-state index contributed by atoms with van der Waals surface area (Å²) in [4.78, 5) is 11.9. The lowest BCUT2D eigenvalue weighted by atomic mass is 9.84. The average molecular weight is 218 g/mol. The van der Waals surface area contributed by atoms with Gasteiger partial charge in [-0.1, -0.05) is 13.8 Å². The third kappa shape index (κ3) is 1.39. The molecule has 0 aromatic heterocycles. The molecule has 0 radical (unpaired) electrons. The fourth-order valence-electron chi connectivity index (χ4n) is 2.17. The molecule has 2 rings (SSSR count). The Hall–Kier alpha value is -1.51. The van der Waals surface area contributed by atoms with Crippen molar-refractivity contribution in [3.05, 3.63) is 23.3 Å². The van der Waals surface area contributed by atoms with Gasteiger partial charge in [0.25, 0.3) is 0 Å². The van der Waals surface area contributed by atoms with Gasteiger partial charge in [0.15, 0.2) is 0 Å². The Bertz CT molecular complexity index is 461. The van der Waals surface area contributed by atoms with Gasteiger partial charge in [0.05, 0.1) is 5.41 Å². The molecule has 1 aromatic rings. The highest BCUT2D eigenvalue weighted by atomic mass is 16.2. The van der Waals surface area contributed by atoms with Crippen LogP contribution in [0.15, 0.2) is 12.1 Å². The molecule has 0 spiro atoms. The van der Waals surface area contributed by atoms with Crippen molar-refractivity contribution in [2.75, 3.05) is 11.1 Å². The number of amides is 1. The SMILES string of the molecule is CC(C)c1cc(N)cc2c1NC(=O)C2(C)C. The van der Waals surface area contributed by atoms with Crippen molar-refractivity contribution in [1.82, 2.24) is 0 Å². The highest BCUT2D eigenvalue weighted by Gasteiger charge is 2.39. The molecule has 3 nitrogen and oxygen atoms in total. The molecular weight excluding hydrogens is 200 g/mol. The van der Waals surface area contributed by atoms with Crippen LogP contribution in [0.2, 0.25) is 0 Å². The van der Waals surface area contributed by atoms with Crippen LogP contribution in [0.3, 0.4) is 0 Å². The molecule has 1 aliphatic heterocycles. The summed E-state index contributed by atoms with van der Waals surface area (Å²) in [5.74, 6) is 0.404.